The molecule has 0 aliphatic heterocycles. The molecule has 2 aromatic rings. The van der Waals surface area contributed by atoms with E-state index in [4.69, 9.17) is 9.47 Å². The van der Waals surface area contributed by atoms with E-state index < -0.39 is 5.97 Å². The molecule has 0 unspecified atom stereocenters. The number of hydrogen-bond donors (Lipinski definition) is 0. The predicted molar refractivity (Wildman–Crippen MR) is 79.5 cm³/mol. The second-order valence-corrected chi connectivity index (χ2v) is 4.55. The van der Waals surface area contributed by atoms with Gasteiger partial charge in [0, 0.05) is 23.7 Å². The number of aryl methyl sites for hydroxylation is 2. The molecule has 0 saturated heterocycles. The summed E-state index contributed by atoms with van der Waals surface area (Å²) >= 11 is 0. The third-order valence-electron chi connectivity index (χ3n) is 3.29. The first-order valence-corrected chi connectivity index (χ1v) is 6.69. The Morgan fingerprint density at radius 1 is 1.29 bits per heavy atom. The molecule has 2 rings (SSSR count). The highest BCUT2D eigenvalue weighted by molar-refractivity contribution is 5.99. The number of aromatic nitrogens is 2. The van der Waals surface area contributed by atoms with Crippen molar-refractivity contribution < 1.29 is 14.3 Å². The average Bonchev–Trinajstić information content (AvgIpc) is 2.53. The van der Waals surface area contributed by atoms with Crippen molar-refractivity contribution in [2.45, 2.75) is 20.3 Å². The SMILES string of the molecule is CCc1cc(-c2c(C(=O)OC)cnc(C)c2OC)ccn1. The maximum atomic E-state index is 12.0. The minimum Gasteiger partial charge on any atom is -0.494 e. The number of hydrogen-bond acceptors (Lipinski definition) is 5. The largest absolute Gasteiger partial charge is 0.494 e. The molecule has 0 aromatic carbocycles. The molecule has 0 fully saturated rings. The molecular weight excluding hydrogens is 268 g/mol. The Bertz CT molecular complexity index is 669. The van der Waals surface area contributed by atoms with Crippen molar-refractivity contribution in [3.05, 3.63) is 41.5 Å². The van der Waals surface area contributed by atoms with E-state index in [1.54, 1.807) is 13.3 Å². The zero-order valence-electron chi connectivity index (χ0n) is 12.6. The van der Waals surface area contributed by atoms with E-state index in [0.717, 1.165) is 23.4 Å². The second kappa shape index (κ2) is 6.35. The van der Waals surface area contributed by atoms with Gasteiger partial charge in [0.15, 0.2) is 0 Å². The summed E-state index contributed by atoms with van der Waals surface area (Å²) in [5, 5.41) is 0. The van der Waals surface area contributed by atoms with Gasteiger partial charge < -0.3 is 9.47 Å². The van der Waals surface area contributed by atoms with Crippen LogP contribution in [0.2, 0.25) is 0 Å². The molecule has 110 valence electrons. The summed E-state index contributed by atoms with van der Waals surface area (Å²) in [4.78, 5) is 20.5. The van der Waals surface area contributed by atoms with Gasteiger partial charge in [-0.05, 0) is 31.0 Å². The number of esters is 1. The molecular formula is C16H18N2O3. The number of nitrogens with zero attached hydrogens (tertiary/aromatic N) is 2. The molecule has 0 spiro atoms. The van der Waals surface area contributed by atoms with Crippen LogP contribution in [-0.4, -0.2) is 30.2 Å². The Balaban J connectivity index is 2.74. The van der Waals surface area contributed by atoms with Gasteiger partial charge in [-0.2, -0.15) is 0 Å². The summed E-state index contributed by atoms with van der Waals surface area (Å²) in [6.07, 6.45) is 4.06. The second-order valence-electron chi connectivity index (χ2n) is 4.55. The monoisotopic (exact) mass is 286 g/mol. The van der Waals surface area contributed by atoms with Crippen LogP contribution in [0.1, 0.15) is 28.7 Å². The smallest absolute Gasteiger partial charge is 0.340 e. The van der Waals surface area contributed by atoms with Gasteiger partial charge in [0.05, 0.1) is 25.5 Å². The van der Waals surface area contributed by atoms with E-state index in [-0.39, 0.29) is 0 Å². The molecule has 5 nitrogen and oxygen atoms in total. The Kier molecular flexibility index (Phi) is 4.52. The quantitative estimate of drug-likeness (QED) is 0.809. The van der Waals surface area contributed by atoms with Gasteiger partial charge in [0.1, 0.15) is 5.75 Å². The van der Waals surface area contributed by atoms with Crippen LogP contribution >= 0.6 is 0 Å². The first-order valence-electron chi connectivity index (χ1n) is 6.69. The fourth-order valence-electron chi connectivity index (χ4n) is 2.22. The van der Waals surface area contributed by atoms with Crippen LogP contribution in [0.25, 0.3) is 11.1 Å². The van der Waals surface area contributed by atoms with Crippen LogP contribution in [0.4, 0.5) is 0 Å². The van der Waals surface area contributed by atoms with Crippen molar-refractivity contribution in [3.8, 4) is 16.9 Å². The highest BCUT2D eigenvalue weighted by Gasteiger charge is 2.21. The maximum Gasteiger partial charge on any atom is 0.340 e. The number of ether oxygens (including phenoxy) is 2. The summed E-state index contributed by atoms with van der Waals surface area (Å²) < 4.78 is 10.3. The van der Waals surface area contributed by atoms with Crippen LogP contribution in [-0.2, 0) is 11.2 Å². The normalized spacial score (nSPS) is 10.3. The first kappa shape index (κ1) is 15.0. The van der Waals surface area contributed by atoms with E-state index in [1.165, 1.54) is 13.3 Å². The number of rotatable bonds is 4. The van der Waals surface area contributed by atoms with Crippen molar-refractivity contribution >= 4 is 5.97 Å². The lowest BCUT2D eigenvalue weighted by atomic mass is 9.99. The van der Waals surface area contributed by atoms with Gasteiger partial charge in [-0.15, -0.1) is 0 Å². The molecule has 0 atom stereocenters. The third kappa shape index (κ3) is 2.86. The lowest BCUT2D eigenvalue weighted by Gasteiger charge is -2.15. The van der Waals surface area contributed by atoms with Gasteiger partial charge in [0.25, 0.3) is 0 Å². The summed E-state index contributed by atoms with van der Waals surface area (Å²) in [7, 11) is 2.92. The van der Waals surface area contributed by atoms with Crippen molar-refractivity contribution in [3.63, 3.8) is 0 Å². The molecule has 2 aromatic heterocycles. The molecule has 0 N–H and O–H groups in total. The highest BCUT2D eigenvalue weighted by atomic mass is 16.5. The van der Waals surface area contributed by atoms with Crippen LogP contribution in [0, 0.1) is 6.92 Å². The lowest BCUT2D eigenvalue weighted by Crippen LogP contribution is -2.07. The molecule has 0 bridgehead atoms. The molecule has 5 heteroatoms. The van der Waals surface area contributed by atoms with E-state index in [2.05, 4.69) is 9.97 Å². The molecule has 0 aliphatic carbocycles. The molecule has 0 aliphatic rings. The standard InChI is InChI=1S/C16H18N2O3/c1-5-12-8-11(6-7-17-12)14-13(16(19)21-4)9-18-10(2)15(14)20-3/h6-9H,5H2,1-4H3. The van der Waals surface area contributed by atoms with E-state index >= 15 is 0 Å². The third-order valence-corrected chi connectivity index (χ3v) is 3.29. The highest BCUT2D eigenvalue weighted by Crippen LogP contribution is 2.35. The minimum absolute atomic E-state index is 0.383. The zero-order chi connectivity index (χ0) is 15.4. The topological polar surface area (TPSA) is 61.3 Å². The summed E-state index contributed by atoms with van der Waals surface area (Å²) in [5.74, 6) is 0.136. The summed E-state index contributed by atoms with van der Waals surface area (Å²) in [6, 6.07) is 3.80. The molecule has 0 saturated carbocycles. The number of carbonyl (C=O) groups is 1. The number of pyridine rings is 2. The van der Waals surface area contributed by atoms with Gasteiger partial charge in [0.2, 0.25) is 0 Å². The number of methoxy groups -OCH3 is 2. The van der Waals surface area contributed by atoms with E-state index in [0.29, 0.717) is 16.9 Å². The van der Waals surface area contributed by atoms with Crippen LogP contribution in [0.5, 0.6) is 5.75 Å². The van der Waals surface area contributed by atoms with Crippen LogP contribution in [0.3, 0.4) is 0 Å². The fourth-order valence-corrected chi connectivity index (χ4v) is 2.22. The van der Waals surface area contributed by atoms with E-state index in [1.807, 2.05) is 26.0 Å². The van der Waals surface area contributed by atoms with Crippen LogP contribution < -0.4 is 4.74 Å². The van der Waals surface area contributed by atoms with Gasteiger partial charge in [-0.3, -0.25) is 9.97 Å². The Labute approximate surface area is 124 Å². The van der Waals surface area contributed by atoms with Crippen molar-refractivity contribution in [1.82, 2.24) is 9.97 Å². The predicted octanol–water partition coefficient (Wildman–Crippen LogP) is 2.81. The van der Waals surface area contributed by atoms with Crippen molar-refractivity contribution in [1.29, 1.82) is 0 Å². The minimum atomic E-state index is -0.439. The molecule has 0 amide bonds. The molecule has 2 heterocycles. The Morgan fingerprint density at radius 2 is 2.05 bits per heavy atom. The van der Waals surface area contributed by atoms with Crippen LogP contribution in [0.15, 0.2) is 24.5 Å². The molecule has 21 heavy (non-hydrogen) atoms. The lowest BCUT2D eigenvalue weighted by molar-refractivity contribution is 0.0601. The first-order chi connectivity index (χ1) is 10.1. The summed E-state index contributed by atoms with van der Waals surface area (Å²) in [5.41, 5.74) is 3.60. The Morgan fingerprint density at radius 3 is 2.67 bits per heavy atom. The van der Waals surface area contributed by atoms with Gasteiger partial charge in [-0.25, -0.2) is 4.79 Å². The molecule has 0 radical (unpaired) electrons. The Hall–Kier alpha value is -2.43. The van der Waals surface area contributed by atoms with Gasteiger partial charge >= 0.3 is 5.97 Å². The zero-order valence-corrected chi connectivity index (χ0v) is 12.6. The van der Waals surface area contributed by atoms with Crippen molar-refractivity contribution in [2.24, 2.45) is 0 Å². The number of carbonyl (C=O) groups excluding carboxylic acids is 1. The van der Waals surface area contributed by atoms with E-state index in [9.17, 15) is 4.79 Å². The average molecular weight is 286 g/mol. The van der Waals surface area contributed by atoms with Gasteiger partial charge in [-0.1, -0.05) is 6.92 Å². The van der Waals surface area contributed by atoms with Crippen molar-refractivity contribution in [2.75, 3.05) is 14.2 Å². The summed E-state index contributed by atoms with van der Waals surface area (Å²) in [6.45, 7) is 3.87. The maximum absolute atomic E-state index is 12.0. The fraction of sp³-hybridized carbons (Fsp3) is 0.312.